The highest BCUT2D eigenvalue weighted by molar-refractivity contribution is 4.83. The van der Waals surface area contributed by atoms with Crippen molar-refractivity contribution in [3.05, 3.63) is 0 Å². The highest BCUT2D eigenvalue weighted by atomic mass is 15.2. The predicted octanol–water partition coefficient (Wildman–Crippen LogP) is 2.66. The van der Waals surface area contributed by atoms with Crippen molar-refractivity contribution in [1.82, 2.24) is 4.90 Å². The molecule has 1 nitrogen and oxygen atoms in total. The first kappa shape index (κ1) is 9.05. The first-order valence-corrected chi connectivity index (χ1v) is 4.90. The van der Waals surface area contributed by atoms with E-state index in [1.54, 1.807) is 0 Å². The summed E-state index contributed by atoms with van der Waals surface area (Å²) in [5.74, 6) is 0. The molecule has 0 atom stereocenters. The lowest BCUT2D eigenvalue weighted by Crippen LogP contribution is -2.48. The van der Waals surface area contributed by atoms with Crippen LogP contribution >= 0.6 is 0 Å². The van der Waals surface area contributed by atoms with Crippen molar-refractivity contribution < 1.29 is 0 Å². The fourth-order valence-electron chi connectivity index (χ4n) is 2.12. The van der Waals surface area contributed by atoms with Crippen LogP contribution in [0.15, 0.2) is 0 Å². The Hall–Kier alpha value is -0.0400. The fourth-order valence-corrected chi connectivity index (χ4v) is 2.12. The van der Waals surface area contributed by atoms with Gasteiger partial charge < -0.3 is 0 Å². The summed E-state index contributed by atoms with van der Waals surface area (Å²) in [6, 6.07) is 2.34. The van der Waals surface area contributed by atoms with Gasteiger partial charge in [0.15, 0.2) is 0 Å². The Morgan fingerprint density at radius 2 is 1.45 bits per heavy atom. The van der Waals surface area contributed by atoms with Crippen LogP contribution in [0.5, 0.6) is 0 Å². The van der Waals surface area contributed by atoms with E-state index >= 15 is 0 Å². The SMILES string of the molecule is CC(C)N(C(C)C)C1CCC1. The zero-order chi connectivity index (χ0) is 8.43. The molecule has 11 heavy (non-hydrogen) atoms. The minimum atomic E-state index is 0.722. The number of rotatable bonds is 3. The van der Waals surface area contributed by atoms with Gasteiger partial charge in [-0.05, 0) is 40.5 Å². The summed E-state index contributed by atoms with van der Waals surface area (Å²) in [4.78, 5) is 2.64. The van der Waals surface area contributed by atoms with Crippen molar-refractivity contribution in [2.75, 3.05) is 0 Å². The normalized spacial score (nSPS) is 19.9. The second-order valence-corrected chi connectivity index (χ2v) is 4.22. The standard InChI is InChI=1S/C10H21N/c1-8(2)11(9(3)4)10-6-5-7-10/h8-10H,5-7H2,1-4H3. The van der Waals surface area contributed by atoms with Crippen LogP contribution in [0.25, 0.3) is 0 Å². The summed E-state index contributed by atoms with van der Waals surface area (Å²) < 4.78 is 0. The minimum absolute atomic E-state index is 0.722. The van der Waals surface area contributed by atoms with E-state index < -0.39 is 0 Å². The highest BCUT2D eigenvalue weighted by Crippen LogP contribution is 2.27. The van der Waals surface area contributed by atoms with Crippen molar-refractivity contribution in [2.24, 2.45) is 0 Å². The molecule has 0 aromatic rings. The second kappa shape index (κ2) is 3.57. The summed E-state index contributed by atoms with van der Waals surface area (Å²) in [5, 5.41) is 0. The van der Waals surface area contributed by atoms with Crippen molar-refractivity contribution in [3.8, 4) is 0 Å². The second-order valence-electron chi connectivity index (χ2n) is 4.22. The summed E-state index contributed by atoms with van der Waals surface area (Å²) in [6.45, 7) is 9.22. The number of nitrogens with zero attached hydrogens (tertiary/aromatic N) is 1. The van der Waals surface area contributed by atoms with E-state index in [4.69, 9.17) is 0 Å². The van der Waals surface area contributed by atoms with Gasteiger partial charge in [-0.25, -0.2) is 0 Å². The van der Waals surface area contributed by atoms with Gasteiger partial charge in [0.1, 0.15) is 0 Å². The molecule has 1 heteroatoms. The van der Waals surface area contributed by atoms with E-state index in [0.717, 1.165) is 18.1 Å². The molecule has 0 heterocycles. The molecule has 0 N–H and O–H groups in total. The van der Waals surface area contributed by atoms with E-state index in [1.807, 2.05) is 0 Å². The quantitative estimate of drug-likeness (QED) is 0.605. The Morgan fingerprint density at radius 1 is 1.00 bits per heavy atom. The van der Waals surface area contributed by atoms with Gasteiger partial charge in [-0.2, -0.15) is 0 Å². The van der Waals surface area contributed by atoms with Crippen LogP contribution in [-0.2, 0) is 0 Å². The average molecular weight is 155 g/mol. The van der Waals surface area contributed by atoms with Crippen LogP contribution in [0, 0.1) is 0 Å². The number of hydrogen-bond donors (Lipinski definition) is 0. The average Bonchev–Trinajstić information content (AvgIpc) is 1.75. The molecule has 1 saturated carbocycles. The van der Waals surface area contributed by atoms with E-state index in [9.17, 15) is 0 Å². The molecule has 0 spiro atoms. The lowest BCUT2D eigenvalue weighted by atomic mass is 9.89. The van der Waals surface area contributed by atoms with Gasteiger partial charge in [-0.3, -0.25) is 4.90 Å². The Kier molecular flexibility index (Phi) is 2.94. The third kappa shape index (κ3) is 1.96. The van der Waals surface area contributed by atoms with Crippen molar-refractivity contribution >= 4 is 0 Å². The maximum Gasteiger partial charge on any atom is 0.0101 e. The van der Waals surface area contributed by atoms with Crippen molar-refractivity contribution in [2.45, 2.75) is 65.1 Å². The van der Waals surface area contributed by atoms with Gasteiger partial charge >= 0.3 is 0 Å². The van der Waals surface area contributed by atoms with Crippen LogP contribution in [-0.4, -0.2) is 23.0 Å². The molecular formula is C10H21N. The molecule has 0 aromatic carbocycles. The molecule has 0 radical (unpaired) electrons. The smallest absolute Gasteiger partial charge is 0.0101 e. The Bertz CT molecular complexity index is 106. The summed E-state index contributed by atoms with van der Waals surface area (Å²) in [6.07, 6.45) is 4.30. The first-order valence-electron chi connectivity index (χ1n) is 4.90. The van der Waals surface area contributed by atoms with E-state index in [1.165, 1.54) is 19.3 Å². The summed E-state index contributed by atoms with van der Waals surface area (Å²) in [7, 11) is 0. The molecule has 0 aliphatic heterocycles. The largest absolute Gasteiger partial charge is 0.296 e. The Balaban J connectivity index is 2.44. The molecule has 0 aromatic heterocycles. The maximum absolute atomic E-state index is 2.64. The molecule has 0 bridgehead atoms. The fraction of sp³-hybridized carbons (Fsp3) is 1.00. The molecular weight excluding hydrogens is 134 g/mol. The third-order valence-electron chi connectivity index (χ3n) is 2.69. The van der Waals surface area contributed by atoms with Gasteiger partial charge in [0.25, 0.3) is 0 Å². The van der Waals surface area contributed by atoms with Crippen molar-refractivity contribution in [3.63, 3.8) is 0 Å². The van der Waals surface area contributed by atoms with E-state index in [2.05, 4.69) is 32.6 Å². The van der Waals surface area contributed by atoms with Crippen LogP contribution in [0.1, 0.15) is 47.0 Å². The summed E-state index contributed by atoms with van der Waals surface area (Å²) in [5.41, 5.74) is 0. The monoisotopic (exact) mass is 155 g/mol. The van der Waals surface area contributed by atoms with Crippen LogP contribution in [0.2, 0.25) is 0 Å². The van der Waals surface area contributed by atoms with Crippen LogP contribution in [0.3, 0.4) is 0 Å². The molecule has 66 valence electrons. The zero-order valence-electron chi connectivity index (χ0n) is 8.30. The predicted molar refractivity (Wildman–Crippen MR) is 49.8 cm³/mol. The van der Waals surface area contributed by atoms with Crippen LogP contribution < -0.4 is 0 Å². The van der Waals surface area contributed by atoms with Gasteiger partial charge in [0.05, 0.1) is 0 Å². The lowest BCUT2D eigenvalue weighted by Gasteiger charge is -2.43. The number of hydrogen-bond acceptors (Lipinski definition) is 1. The van der Waals surface area contributed by atoms with E-state index in [0.29, 0.717) is 0 Å². The molecule has 0 saturated heterocycles. The highest BCUT2D eigenvalue weighted by Gasteiger charge is 2.28. The van der Waals surface area contributed by atoms with Gasteiger partial charge in [-0.1, -0.05) is 6.42 Å². The molecule has 1 rings (SSSR count). The van der Waals surface area contributed by atoms with Crippen molar-refractivity contribution in [1.29, 1.82) is 0 Å². The molecule has 1 aliphatic rings. The van der Waals surface area contributed by atoms with E-state index in [-0.39, 0.29) is 0 Å². The topological polar surface area (TPSA) is 3.24 Å². The molecule has 1 aliphatic carbocycles. The minimum Gasteiger partial charge on any atom is -0.296 e. The van der Waals surface area contributed by atoms with Gasteiger partial charge in [0.2, 0.25) is 0 Å². The Labute approximate surface area is 70.8 Å². The third-order valence-corrected chi connectivity index (χ3v) is 2.69. The van der Waals surface area contributed by atoms with Gasteiger partial charge in [0, 0.05) is 18.1 Å². The lowest BCUT2D eigenvalue weighted by molar-refractivity contribution is 0.0631. The van der Waals surface area contributed by atoms with Gasteiger partial charge in [-0.15, -0.1) is 0 Å². The molecule has 0 unspecified atom stereocenters. The van der Waals surface area contributed by atoms with Crippen LogP contribution in [0.4, 0.5) is 0 Å². The Morgan fingerprint density at radius 3 is 1.55 bits per heavy atom. The molecule has 1 fully saturated rings. The first-order chi connectivity index (χ1) is 5.13. The summed E-state index contributed by atoms with van der Waals surface area (Å²) >= 11 is 0. The maximum atomic E-state index is 2.64. The molecule has 0 amide bonds. The zero-order valence-corrected chi connectivity index (χ0v) is 8.30.